The summed E-state index contributed by atoms with van der Waals surface area (Å²) in [5, 5.41) is 10.6. The van der Waals surface area contributed by atoms with Gasteiger partial charge in [-0.05, 0) is 49.8 Å². The number of aromatic hydroxyl groups is 1. The zero-order valence-electron chi connectivity index (χ0n) is 14.3. The largest absolute Gasteiger partial charge is 0.507 e. The Hall–Kier alpha value is -2.55. The molecule has 2 rings (SSSR count). The normalized spacial score (nSPS) is 10.4. The van der Waals surface area contributed by atoms with Crippen LogP contribution in [-0.2, 0) is 19.3 Å². The van der Waals surface area contributed by atoms with Crippen molar-refractivity contribution >= 4 is 6.29 Å². The highest BCUT2D eigenvalue weighted by atomic mass is 16.5. The number of hydrogen-bond donors (Lipinski definition) is 1. The second-order valence-corrected chi connectivity index (χ2v) is 6.04. The Labute approximate surface area is 143 Å². The molecule has 3 nitrogen and oxygen atoms in total. The van der Waals surface area contributed by atoms with Crippen molar-refractivity contribution in [3.05, 3.63) is 70.8 Å². The van der Waals surface area contributed by atoms with Crippen molar-refractivity contribution in [3.63, 3.8) is 0 Å². The Morgan fingerprint density at radius 3 is 2.50 bits per heavy atom. The van der Waals surface area contributed by atoms with Gasteiger partial charge in [-0.1, -0.05) is 35.9 Å². The molecule has 24 heavy (non-hydrogen) atoms. The van der Waals surface area contributed by atoms with Crippen LogP contribution in [0.1, 0.15) is 40.4 Å². The van der Waals surface area contributed by atoms with E-state index in [-0.39, 0.29) is 5.75 Å². The van der Waals surface area contributed by atoms with Gasteiger partial charge in [-0.2, -0.15) is 0 Å². The molecular formula is C21H24O3. The summed E-state index contributed by atoms with van der Waals surface area (Å²) in [7, 11) is 1.58. The van der Waals surface area contributed by atoms with Crippen molar-refractivity contribution in [2.45, 2.75) is 32.6 Å². The summed E-state index contributed by atoms with van der Waals surface area (Å²) in [6.45, 7) is 5.83. The van der Waals surface area contributed by atoms with E-state index in [4.69, 9.17) is 4.74 Å². The highest BCUT2D eigenvalue weighted by Crippen LogP contribution is 2.35. The minimum atomic E-state index is 0.0358. The summed E-state index contributed by atoms with van der Waals surface area (Å²) in [6, 6.07) is 12.0. The first kappa shape index (κ1) is 17.8. The molecule has 2 aromatic carbocycles. The molecule has 0 saturated heterocycles. The lowest BCUT2D eigenvalue weighted by atomic mass is 9.94. The van der Waals surface area contributed by atoms with Crippen LogP contribution in [0.2, 0.25) is 0 Å². The van der Waals surface area contributed by atoms with E-state index >= 15 is 0 Å². The van der Waals surface area contributed by atoms with Gasteiger partial charge in [0.15, 0.2) is 6.29 Å². The molecule has 0 atom stereocenters. The molecule has 3 heteroatoms. The standard InChI is InChI=1S/C21H24O3/c1-15(2)9-12-18-20(24-3)13-17(19(14-22)21(18)23)11-10-16-7-5-4-6-8-16/h4-8,13-14,23H,1,9-12H2,2-3H3. The fourth-order valence-electron chi connectivity index (χ4n) is 2.78. The van der Waals surface area contributed by atoms with E-state index in [9.17, 15) is 9.90 Å². The van der Waals surface area contributed by atoms with E-state index in [0.717, 1.165) is 30.3 Å². The van der Waals surface area contributed by atoms with Gasteiger partial charge in [0.25, 0.3) is 0 Å². The maximum absolute atomic E-state index is 11.5. The van der Waals surface area contributed by atoms with Crippen molar-refractivity contribution in [3.8, 4) is 11.5 Å². The minimum Gasteiger partial charge on any atom is -0.507 e. The van der Waals surface area contributed by atoms with E-state index in [1.54, 1.807) is 7.11 Å². The first-order valence-electron chi connectivity index (χ1n) is 8.12. The Morgan fingerprint density at radius 1 is 1.21 bits per heavy atom. The van der Waals surface area contributed by atoms with Gasteiger partial charge in [0, 0.05) is 5.56 Å². The number of carbonyl (C=O) groups is 1. The Bertz CT molecular complexity index is 718. The molecule has 0 bridgehead atoms. The molecule has 0 aliphatic rings. The number of aldehydes is 1. The molecule has 2 aromatic rings. The van der Waals surface area contributed by atoms with Gasteiger partial charge >= 0.3 is 0 Å². The molecule has 0 unspecified atom stereocenters. The fraction of sp³-hybridized carbons (Fsp3) is 0.286. The van der Waals surface area contributed by atoms with Crippen LogP contribution in [-0.4, -0.2) is 18.5 Å². The molecule has 0 radical (unpaired) electrons. The number of aryl methyl sites for hydroxylation is 2. The van der Waals surface area contributed by atoms with E-state index in [2.05, 4.69) is 18.7 Å². The Kier molecular flexibility index (Phi) is 6.19. The summed E-state index contributed by atoms with van der Waals surface area (Å²) in [5.74, 6) is 0.663. The number of benzene rings is 2. The summed E-state index contributed by atoms with van der Waals surface area (Å²) < 4.78 is 5.45. The number of hydrogen-bond acceptors (Lipinski definition) is 3. The zero-order chi connectivity index (χ0) is 17.5. The van der Waals surface area contributed by atoms with Crippen LogP contribution >= 0.6 is 0 Å². The van der Waals surface area contributed by atoms with Crippen LogP contribution in [0.4, 0.5) is 0 Å². The van der Waals surface area contributed by atoms with E-state index < -0.39 is 0 Å². The number of methoxy groups -OCH3 is 1. The number of rotatable bonds is 8. The quantitative estimate of drug-likeness (QED) is 0.574. The molecule has 0 fully saturated rings. The summed E-state index contributed by atoms with van der Waals surface area (Å²) in [5.41, 5.74) is 4.06. The average Bonchev–Trinajstić information content (AvgIpc) is 2.59. The van der Waals surface area contributed by atoms with Crippen LogP contribution in [0.5, 0.6) is 11.5 Å². The van der Waals surface area contributed by atoms with Crippen molar-refractivity contribution < 1.29 is 14.6 Å². The Balaban J connectivity index is 2.32. The maximum Gasteiger partial charge on any atom is 0.154 e. The third-order valence-electron chi connectivity index (χ3n) is 4.16. The average molecular weight is 324 g/mol. The van der Waals surface area contributed by atoms with Crippen molar-refractivity contribution in [2.75, 3.05) is 7.11 Å². The molecule has 1 N–H and O–H groups in total. The number of ether oxygens (including phenoxy) is 1. The number of phenols is 1. The molecule has 0 aliphatic carbocycles. The first-order chi connectivity index (χ1) is 11.6. The number of carbonyl (C=O) groups excluding carboxylic acids is 1. The third kappa shape index (κ3) is 4.25. The molecule has 0 amide bonds. The van der Waals surface area contributed by atoms with E-state index in [0.29, 0.717) is 29.7 Å². The van der Waals surface area contributed by atoms with Crippen molar-refractivity contribution in [2.24, 2.45) is 0 Å². The SMILES string of the molecule is C=C(C)CCc1c(OC)cc(CCc2ccccc2)c(C=O)c1O. The zero-order valence-corrected chi connectivity index (χ0v) is 14.3. The number of phenolic OH excluding ortho intramolecular Hbond substituents is 1. The lowest BCUT2D eigenvalue weighted by molar-refractivity contribution is 0.112. The molecule has 0 heterocycles. The predicted octanol–water partition coefficient (Wildman–Crippen LogP) is 4.51. The lowest BCUT2D eigenvalue weighted by Crippen LogP contribution is -2.03. The van der Waals surface area contributed by atoms with E-state index in [1.165, 1.54) is 5.56 Å². The number of allylic oxidation sites excluding steroid dienone is 1. The van der Waals surface area contributed by atoms with Gasteiger partial charge in [0.05, 0.1) is 12.7 Å². The summed E-state index contributed by atoms with van der Waals surface area (Å²) in [6.07, 6.45) is 3.55. The fourth-order valence-corrected chi connectivity index (χ4v) is 2.78. The van der Waals surface area contributed by atoms with Crippen LogP contribution in [0, 0.1) is 0 Å². The lowest BCUT2D eigenvalue weighted by Gasteiger charge is -2.16. The summed E-state index contributed by atoms with van der Waals surface area (Å²) in [4.78, 5) is 11.5. The van der Waals surface area contributed by atoms with Gasteiger partial charge < -0.3 is 9.84 Å². The van der Waals surface area contributed by atoms with Crippen LogP contribution in [0.3, 0.4) is 0 Å². The second kappa shape index (κ2) is 8.34. The van der Waals surface area contributed by atoms with Crippen LogP contribution in [0.25, 0.3) is 0 Å². The van der Waals surface area contributed by atoms with Crippen LogP contribution in [0.15, 0.2) is 48.6 Å². The Morgan fingerprint density at radius 2 is 1.92 bits per heavy atom. The molecule has 0 spiro atoms. The predicted molar refractivity (Wildman–Crippen MR) is 97.0 cm³/mol. The summed E-state index contributed by atoms with van der Waals surface area (Å²) >= 11 is 0. The molecule has 0 aromatic heterocycles. The second-order valence-electron chi connectivity index (χ2n) is 6.04. The molecule has 0 aliphatic heterocycles. The monoisotopic (exact) mass is 324 g/mol. The molecule has 0 saturated carbocycles. The maximum atomic E-state index is 11.5. The van der Waals surface area contributed by atoms with E-state index in [1.807, 2.05) is 31.2 Å². The smallest absolute Gasteiger partial charge is 0.154 e. The highest BCUT2D eigenvalue weighted by Gasteiger charge is 2.17. The third-order valence-corrected chi connectivity index (χ3v) is 4.16. The molecular weight excluding hydrogens is 300 g/mol. The highest BCUT2D eigenvalue weighted by molar-refractivity contribution is 5.83. The van der Waals surface area contributed by atoms with Gasteiger partial charge in [-0.15, -0.1) is 6.58 Å². The topological polar surface area (TPSA) is 46.5 Å². The van der Waals surface area contributed by atoms with Gasteiger partial charge in [-0.25, -0.2) is 0 Å². The van der Waals surface area contributed by atoms with Gasteiger partial charge in [0.2, 0.25) is 0 Å². The molecule has 126 valence electrons. The first-order valence-corrected chi connectivity index (χ1v) is 8.12. The van der Waals surface area contributed by atoms with Gasteiger partial charge in [0.1, 0.15) is 11.5 Å². The van der Waals surface area contributed by atoms with Crippen molar-refractivity contribution in [1.29, 1.82) is 0 Å². The van der Waals surface area contributed by atoms with Crippen molar-refractivity contribution in [1.82, 2.24) is 0 Å². The van der Waals surface area contributed by atoms with Gasteiger partial charge in [-0.3, -0.25) is 4.79 Å². The van der Waals surface area contributed by atoms with Crippen LogP contribution < -0.4 is 4.74 Å². The minimum absolute atomic E-state index is 0.0358.